The van der Waals surface area contributed by atoms with Gasteiger partial charge in [-0.2, -0.15) is 4.68 Å². The van der Waals surface area contributed by atoms with Gasteiger partial charge >= 0.3 is 5.82 Å². The van der Waals surface area contributed by atoms with E-state index in [4.69, 9.17) is 23.2 Å². The number of aromatic nitrogens is 2. The summed E-state index contributed by atoms with van der Waals surface area (Å²) in [4.78, 5) is 10.9. The zero-order valence-corrected chi connectivity index (χ0v) is 10.1. The van der Waals surface area contributed by atoms with Gasteiger partial charge in [0, 0.05) is 4.88 Å². The van der Waals surface area contributed by atoms with Gasteiger partial charge in [0.25, 0.3) is 0 Å². The molecule has 5 nitrogen and oxygen atoms in total. The minimum Gasteiger partial charge on any atom is -0.358 e. The Kier molecular flexibility index (Phi) is 3.13. The van der Waals surface area contributed by atoms with Crippen molar-refractivity contribution in [2.24, 2.45) is 0 Å². The van der Waals surface area contributed by atoms with E-state index >= 15 is 0 Å². The maximum atomic E-state index is 10.5. The summed E-state index contributed by atoms with van der Waals surface area (Å²) in [5.41, 5.74) is 0. The van der Waals surface area contributed by atoms with Crippen molar-refractivity contribution in [3.05, 3.63) is 42.7 Å². The molecule has 0 saturated carbocycles. The number of halogens is 2. The molecule has 0 bridgehead atoms. The van der Waals surface area contributed by atoms with Gasteiger partial charge in [-0.05, 0) is 17.1 Å². The van der Waals surface area contributed by atoms with Crippen molar-refractivity contribution in [3.63, 3.8) is 0 Å². The summed E-state index contributed by atoms with van der Waals surface area (Å²) in [6.07, 6.45) is 1.42. The average Bonchev–Trinajstić information content (AvgIpc) is 2.73. The first-order chi connectivity index (χ1) is 7.56. The minimum absolute atomic E-state index is 0.0349. The van der Waals surface area contributed by atoms with Crippen LogP contribution in [0.3, 0.4) is 0 Å². The molecular formula is C8H5Cl2N3O2S. The molecule has 0 unspecified atom stereocenters. The molecule has 84 valence electrons. The topological polar surface area (TPSA) is 61.0 Å². The lowest BCUT2D eigenvalue weighted by atomic mass is 10.5. The number of hydrogen-bond donors (Lipinski definition) is 0. The molecule has 0 fully saturated rings. The largest absolute Gasteiger partial charge is 0.408 e. The SMILES string of the molecule is O=[N+]([O-])c1nn(Cc2ccc(Cl)s2)cc1Cl. The molecule has 0 aromatic carbocycles. The highest BCUT2D eigenvalue weighted by Gasteiger charge is 2.19. The molecule has 0 radical (unpaired) electrons. The summed E-state index contributed by atoms with van der Waals surface area (Å²) < 4.78 is 2.09. The van der Waals surface area contributed by atoms with E-state index in [1.165, 1.54) is 22.2 Å². The molecule has 0 atom stereocenters. The summed E-state index contributed by atoms with van der Waals surface area (Å²) in [6, 6.07) is 3.61. The molecular weight excluding hydrogens is 273 g/mol. The standard InChI is InChI=1S/C8H5Cl2N3O2S/c9-6-4-12(11-8(6)13(14)15)3-5-1-2-7(10)16-5/h1-2,4H,3H2. The van der Waals surface area contributed by atoms with Crippen molar-refractivity contribution in [1.29, 1.82) is 0 Å². The fourth-order valence-electron chi connectivity index (χ4n) is 1.19. The van der Waals surface area contributed by atoms with Gasteiger partial charge in [0.1, 0.15) is 0 Å². The van der Waals surface area contributed by atoms with Crippen LogP contribution in [-0.2, 0) is 6.54 Å². The molecule has 0 aliphatic rings. The fourth-order valence-corrected chi connectivity index (χ4v) is 2.49. The molecule has 0 amide bonds. The van der Waals surface area contributed by atoms with Crippen LogP contribution >= 0.6 is 34.5 Å². The first-order valence-electron chi connectivity index (χ1n) is 4.18. The van der Waals surface area contributed by atoms with E-state index in [1.807, 2.05) is 6.07 Å². The van der Waals surface area contributed by atoms with E-state index in [0.29, 0.717) is 10.9 Å². The molecule has 2 aromatic rings. The quantitative estimate of drug-likeness (QED) is 0.639. The lowest BCUT2D eigenvalue weighted by Crippen LogP contribution is -1.99. The van der Waals surface area contributed by atoms with Crippen LogP contribution in [-0.4, -0.2) is 14.7 Å². The van der Waals surface area contributed by atoms with Crippen LogP contribution < -0.4 is 0 Å². The minimum atomic E-state index is -0.611. The summed E-state index contributed by atoms with van der Waals surface area (Å²) in [7, 11) is 0. The third kappa shape index (κ3) is 2.34. The fraction of sp³-hybridized carbons (Fsp3) is 0.125. The number of thiophene rings is 1. The van der Waals surface area contributed by atoms with E-state index < -0.39 is 4.92 Å². The van der Waals surface area contributed by atoms with Gasteiger partial charge < -0.3 is 10.1 Å². The van der Waals surface area contributed by atoms with Gasteiger partial charge in [0.2, 0.25) is 0 Å². The monoisotopic (exact) mass is 277 g/mol. The predicted molar refractivity (Wildman–Crippen MR) is 62.3 cm³/mol. The molecule has 0 aliphatic carbocycles. The van der Waals surface area contributed by atoms with Gasteiger partial charge in [-0.1, -0.05) is 23.2 Å². The first-order valence-corrected chi connectivity index (χ1v) is 5.75. The van der Waals surface area contributed by atoms with Crippen molar-refractivity contribution >= 4 is 40.4 Å². The number of rotatable bonds is 3. The van der Waals surface area contributed by atoms with Gasteiger partial charge in [-0.15, -0.1) is 11.3 Å². The third-order valence-electron chi connectivity index (χ3n) is 1.82. The second-order valence-electron chi connectivity index (χ2n) is 2.96. The van der Waals surface area contributed by atoms with E-state index in [-0.39, 0.29) is 10.8 Å². The maximum Gasteiger partial charge on any atom is 0.408 e. The Morgan fingerprint density at radius 3 is 2.75 bits per heavy atom. The summed E-state index contributed by atoms with van der Waals surface area (Å²) in [5, 5.41) is 14.3. The Morgan fingerprint density at radius 2 is 2.25 bits per heavy atom. The smallest absolute Gasteiger partial charge is 0.358 e. The number of hydrogen-bond acceptors (Lipinski definition) is 4. The van der Waals surface area contributed by atoms with E-state index in [1.54, 1.807) is 6.07 Å². The van der Waals surface area contributed by atoms with E-state index in [9.17, 15) is 10.1 Å². The van der Waals surface area contributed by atoms with Crippen LogP contribution in [0, 0.1) is 10.1 Å². The third-order valence-corrected chi connectivity index (χ3v) is 3.30. The Balaban J connectivity index is 2.22. The van der Waals surface area contributed by atoms with Crippen molar-refractivity contribution in [2.45, 2.75) is 6.54 Å². The predicted octanol–water partition coefficient (Wildman–Crippen LogP) is 3.21. The van der Waals surface area contributed by atoms with Gasteiger partial charge in [0.05, 0.1) is 22.2 Å². The number of nitrogens with zero attached hydrogens (tertiary/aromatic N) is 3. The van der Waals surface area contributed by atoms with Crippen LogP contribution in [0.1, 0.15) is 4.88 Å². The summed E-state index contributed by atoms with van der Waals surface area (Å²) >= 11 is 12.8. The van der Waals surface area contributed by atoms with Crippen LogP contribution in [0.5, 0.6) is 0 Å². The zero-order valence-electron chi connectivity index (χ0n) is 7.76. The molecule has 16 heavy (non-hydrogen) atoms. The van der Waals surface area contributed by atoms with Crippen LogP contribution in [0.15, 0.2) is 18.3 Å². The zero-order chi connectivity index (χ0) is 11.7. The van der Waals surface area contributed by atoms with E-state index in [2.05, 4.69) is 5.10 Å². The summed E-state index contributed by atoms with van der Waals surface area (Å²) in [5.74, 6) is -0.329. The van der Waals surface area contributed by atoms with Crippen molar-refractivity contribution in [1.82, 2.24) is 9.78 Å². The molecule has 8 heteroatoms. The van der Waals surface area contributed by atoms with Gasteiger partial charge in [-0.3, -0.25) is 0 Å². The molecule has 2 rings (SSSR count). The van der Waals surface area contributed by atoms with Crippen molar-refractivity contribution in [3.8, 4) is 0 Å². The van der Waals surface area contributed by atoms with Gasteiger partial charge in [-0.25, -0.2) is 0 Å². The lowest BCUT2D eigenvalue weighted by molar-refractivity contribution is -0.389. The number of nitro groups is 1. The van der Waals surface area contributed by atoms with Crippen LogP contribution in [0.4, 0.5) is 5.82 Å². The Bertz CT molecular complexity index is 537. The highest BCUT2D eigenvalue weighted by atomic mass is 35.5. The molecule has 2 aromatic heterocycles. The highest BCUT2D eigenvalue weighted by molar-refractivity contribution is 7.16. The first kappa shape index (κ1) is 11.4. The second-order valence-corrected chi connectivity index (χ2v) is 5.17. The molecule has 0 N–H and O–H groups in total. The molecule has 0 aliphatic heterocycles. The normalized spacial score (nSPS) is 10.6. The Morgan fingerprint density at radius 1 is 1.50 bits per heavy atom. The Hall–Kier alpha value is -1.11. The second kappa shape index (κ2) is 4.40. The van der Waals surface area contributed by atoms with Crippen LogP contribution in [0.2, 0.25) is 9.36 Å². The average molecular weight is 278 g/mol. The van der Waals surface area contributed by atoms with Crippen molar-refractivity contribution in [2.75, 3.05) is 0 Å². The Labute approximate surface area is 104 Å². The van der Waals surface area contributed by atoms with Crippen LogP contribution in [0.25, 0.3) is 0 Å². The van der Waals surface area contributed by atoms with E-state index in [0.717, 1.165) is 4.88 Å². The summed E-state index contributed by atoms with van der Waals surface area (Å²) in [6.45, 7) is 0.422. The molecule has 0 spiro atoms. The van der Waals surface area contributed by atoms with Gasteiger partial charge in [0.15, 0.2) is 5.02 Å². The maximum absolute atomic E-state index is 10.5. The highest BCUT2D eigenvalue weighted by Crippen LogP contribution is 2.25. The molecule has 0 saturated heterocycles. The molecule has 2 heterocycles. The lowest BCUT2D eigenvalue weighted by Gasteiger charge is -1.91. The van der Waals surface area contributed by atoms with Crippen molar-refractivity contribution < 1.29 is 4.92 Å².